The van der Waals surface area contributed by atoms with E-state index in [-0.39, 0.29) is 6.54 Å². The van der Waals surface area contributed by atoms with Gasteiger partial charge in [0.2, 0.25) is 0 Å². The molecule has 8 heteroatoms. The molecule has 0 saturated heterocycles. The highest BCUT2D eigenvalue weighted by atomic mass is 16.5. The van der Waals surface area contributed by atoms with Crippen molar-refractivity contribution in [1.82, 2.24) is 10.3 Å². The molecule has 0 saturated carbocycles. The minimum absolute atomic E-state index is 0.200. The molecule has 2 heterocycles. The van der Waals surface area contributed by atoms with Gasteiger partial charge in [-0.1, -0.05) is 6.07 Å². The SMILES string of the molecule is COc1ccc(CNC(=O)[C@@]2(C)Oc3cccnc3NC2=O)cc1OC. The molecule has 2 aromatic rings. The highest BCUT2D eigenvalue weighted by Crippen LogP contribution is 2.32. The zero-order valence-corrected chi connectivity index (χ0v) is 14.7. The molecule has 1 aliphatic rings. The lowest BCUT2D eigenvalue weighted by molar-refractivity contribution is -0.146. The summed E-state index contributed by atoms with van der Waals surface area (Å²) in [7, 11) is 3.08. The summed E-state index contributed by atoms with van der Waals surface area (Å²) in [6.45, 7) is 1.62. The lowest BCUT2D eigenvalue weighted by Gasteiger charge is -2.32. The second-order valence-corrected chi connectivity index (χ2v) is 5.81. The van der Waals surface area contributed by atoms with Gasteiger partial charge in [-0.3, -0.25) is 9.59 Å². The molecule has 2 N–H and O–H groups in total. The van der Waals surface area contributed by atoms with Crippen molar-refractivity contribution in [3.8, 4) is 17.2 Å². The van der Waals surface area contributed by atoms with Crippen LogP contribution in [-0.4, -0.2) is 36.6 Å². The van der Waals surface area contributed by atoms with Crippen LogP contribution in [0.3, 0.4) is 0 Å². The number of amides is 2. The summed E-state index contributed by atoms with van der Waals surface area (Å²) in [6, 6.07) is 8.60. The van der Waals surface area contributed by atoms with Gasteiger partial charge in [0, 0.05) is 12.7 Å². The van der Waals surface area contributed by atoms with E-state index < -0.39 is 17.4 Å². The zero-order valence-electron chi connectivity index (χ0n) is 14.7. The lowest BCUT2D eigenvalue weighted by Crippen LogP contribution is -2.58. The number of methoxy groups -OCH3 is 2. The average molecular weight is 357 g/mol. The molecule has 8 nitrogen and oxygen atoms in total. The van der Waals surface area contributed by atoms with E-state index in [1.807, 2.05) is 0 Å². The van der Waals surface area contributed by atoms with Crippen LogP contribution in [0.5, 0.6) is 17.2 Å². The van der Waals surface area contributed by atoms with Gasteiger partial charge in [-0.05, 0) is 36.8 Å². The van der Waals surface area contributed by atoms with E-state index >= 15 is 0 Å². The largest absolute Gasteiger partial charge is 0.493 e. The van der Waals surface area contributed by atoms with Gasteiger partial charge >= 0.3 is 0 Å². The van der Waals surface area contributed by atoms with Crippen molar-refractivity contribution in [2.45, 2.75) is 19.1 Å². The number of hydrogen-bond acceptors (Lipinski definition) is 6. The highest BCUT2D eigenvalue weighted by molar-refractivity contribution is 6.15. The molecule has 0 bridgehead atoms. The zero-order chi connectivity index (χ0) is 18.7. The molecule has 0 spiro atoms. The van der Waals surface area contributed by atoms with Crippen LogP contribution in [0.15, 0.2) is 36.5 Å². The number of pyridine rings is 1. The molecule has 136 valence electrons. The van der Waals surface area contributed by atoms with Gasteiger partial charge in [0.1, 0.15) is 0 Å². The Kier molecular flexibility index (Phi) is 4.66. The number of benzene rings is 1. The maximum Gasteiger partial charge on any atom is 0.279 e. The second kappa shape index (κ2) is 6.91. The van der Waals surface area contributed by atoms with Gasteiger partial charge in [-0.2, -0.15) is 0 Å². The maximum absolute atomic E-state index is 12.6. The van der Waals surface area contributed by atoms with Gasteiger partial charge < -0.3 is 24.8 Å². The number of ether oxygens (including phenoxy) is 3. The van der Waals surface area contributed by atoms with Gasteiger partial charge in [0.05, 0.1) is 14.2 Å². The fourth-order valence-electron chi connectivity index (χ4n) is 2.55. The minimum atomic E-state index is -1.69. The van der Waals surface area contributed by atoms with E-state index in [9.17, 15) is 9.59 Å². The van der Waals surface area contributed by atoms with Crippen LogP contribution < -0.4 is 24.8 Å². The Morgan fingerprint density at radius 1 is 1.27 bits per heavy atom. The van der Waals surface area contributed by atoms with Crippen molar-refractivity contribution in [1.29, 1.82) is 0 Å². The van der Waals surface area contributed by atoms with Crippen molar-refractivity contribution in [2.24, 2.45) is 0 Å². The third-order valence-electron chi connectivity index (χ3n) is 4.08. The fourth-order valence-corrected chi connectivity index (χ4v) is 2.55. The Bertz CT molecular complexity index is 854. The first-order chi connectivity index (χ1) is 12.5. The highest BCUT2D eigenvalue weighted by Gasteiger charge is 2.47. The van der Waals surface area contributed by atoms with Gasteiger partial charge in [0.25, 0.3) is 17.4 Å². The normalized spacial score (nSPS) is 18.2. The predicted octanol–water partition coefficient (Wildman–Crippen LogP) is 1.50. The Morgan fingerprint density at radius 3 is 2.77 bits per heavy atom. The van der Waals surface area contributed by atoms with Crippen LogP contribution in [0, 0.1) is 0 Å². The summed E-state index contributed by atoms with van der Waals surface area (Å²) < 4.78 is 16.1. The molecule has 0 fully saturated rings. The number of anilines is 1. The Labute approximate surface area is 150 Å². The van der Waals surface area contributed by atoms with Crippen molar-refractivity contribution < 1.29 is 23.8 Å². The van der Waals surface area contributed by atoms with Crippen molar-refractivity contribution in [2.75, 3.05) is 19.5 Å². The molecule has 3 rings (SSSR count). The Hall–Kier alpha value is -3.29. The summed E-state index contributed by atoms with van der Waals surface area (Å²) >= 11 is 0. The number of aromatic nitrogens is 1. The van der Waals surface area contributed by atoms with Gasteiger partial charge in [0.15, 0.2) is 23.1 Å². The summed E-state index contributed by atoms with van der Waals surface area (Å²) in [5.74, 6) is 0.650. The van der Waals surface area contributed by atoms with E-state index in [1.165, 1.54) is 20.2 Å². The summed E-state index contributed by atoms with van der Waals surface area (Å²) in [4.78, 5) is 29.0. The molecule has 0 aliphatic carbocycles. The standard InChI is InChI=1S/C18H19N3O5/c1-18(17(23)21-15-13(26-18)5-4-8-19-15)16(22)20-10-11-6-7-12(24-2)14(9-11)25-3/h4-9H,10H2,1-3H3,(H,20,22)(H,19,21,23)/t18-/m1/s1. The quantitative estimate of drug-likeness (QED) is 0.787. The van der Waals surface area contributed by atoms with E-state index in [4.69, 9.17) is 14.2 Å². The van der Waals surface area contributed by atoms with Crippen LogP contribution in [0.4, 0.5) is 5.82 Å². The summed E-state index contributed by atoms with van der Waals surface area (Å²) in [6.07, 6.45) is 1.53. The first-order valence-electron chi connectivity index (χ1n) is 7.92. The number of fused-ring (bicyclic) bond motifs is 1. The topological polar surface area (TPSA) is 98.8 Å². The molecule has 1 aromatic heterocycles. The average Bonchev–Trinajstić information content (AvgIpc) is 2.66. The first kappa shape index (κ1) is 17.5. The van der Waals surface area contributed by atoms with Crippen molar-refractivity contribution in [3.05, 3.63) is 42.1 Å². The Balaban J connectivity index is 1.73. The van der Waals surface area contributed by atoms with Gasteiger partial charge in [-0.25, -0.2) is 4.98 Å². The number of nitrogens with one attached hydrogen (secondary N) is 2. The number of hydrogen-bond donors (Lipinski definition) is 2. The van der Waals surface area contributed by atoms with Crippen molar-refractivity contribution in [3.63, 3.8) is 0 Å². The minimum Gasteiger partial charge on any atom is -0.493 e. The molecule has 0 unspecified atom stereocenters. The third-order valence-corrected chi connectivity index (χ3v) is 4.08. The van der Waals surface area contributed by atoms with E-state index in [0.29, 0.717) is 23.1 Å². The number of nitrogens with zero attached hydrogens (tertiary/aromatic N) is 1. The smallest absolute Gasteiger partial charge is 0.279 e. The molecule has 1 aliphatic heterocycles. The fraction of sp³-hybridized carbons (Fsp3) is 0.278. The summed E-state index contributed by atoms with van der Waals surface area (Å²) in [5.41, 5.74) is -0.898. The molecule has 1 aromatic carbocycles. The molecular formula is C18H19N3O5. The van der Waals surface area contributed by atoms with Crippen LogP contribution in [0.25, 0.3) is 0 Å². The van der Waals surface area contributed by atoms with Crippen LogP contribution in [0.1, 0.15) is 12.5 Å². The molecule has 0 radical (unpaired) electrons. The van der Waals surface area contributed by atoms with E-state index in [2.05, 4.69) is 15.6 Å². The van der Waals surface area contributed by atoms with Crippen molar-refractivity contribution >= 4 is 17.6 Å². The van der Waals surface area contributed by atoms with Gasteiger partial charge in [-0.15, -0.1) is 0 Å². The van der Waals surface area contributed by atoms with Crippen LogP contribution in [-0.2, 0) is 16.1 Å². The Morgan fingerprint density at radius 2 is 2.04 bits per heavy atom. The number of carbonyl (C=O) groups excluding carboxylic acids is 2. The predicted molar refractivity (Wildman–Crippen MR) is 93.3 cm³/mol. The van der Waals surface area contributed by atoms with E-state index in [0.717, 1.165) is 5.56 Å². The monoisotopic (exact) mass is 357 g/mol. The maximum atomic E-state index is 12.6. The molecule has 2 amide bonds. The van der Waals surface area contributed by atoms with E-state index in [1.54, 1.807) is 37.4 Å². The number of carbonyl (C=O) groups is 2. The third kappa shape index (κ3) is 3.13. The molecular weight excluding hydrogens is 338 g/mol. The van der Waals surface area contributed by atoms with Crippen LogP contribution >= 0.6 is 0 Å². The van der Waals surface area contributed by atoms with Crippen LogP contribution in [0.2, 0.25) is 0 Å². The molecule has 26 heavy (non-hydrogen) atoms. The lowest BCUT2D eigenvalue weighted by atomic mass is 10.0. The second-order valence-electron chi connectivity index (χ2n) is 5.81. The molecule has 1 atom stereocenters. The first-order valence-corrected chi connectivity index (χ1v) is 7.92. The summed E-state index contributed by atoms with van der Waals surface area (Å²) in [5, 5.41) is 5.31. The number of rotatable bonds is 5.